The van der Waals surface area contributed by atoms with Crippen LogP contribution in [-0.2, 0) is 4.79 Å². The number of carboxylic acid groups (broad SMARTS) is 1. The first-order valence-corrected chi connectivity index (χ1v) is 4.86. The second kappa shape index (κ2) is 3.15. The summed E-state index contributed by atoms with van der Waals surface area (Å²) in [5.41, 5.74) is 0.0447. The minimum Gasteiger partial charge on any atom is -0.465 e. The Morgan fingerprint density at radius 1 is 1.43 bits per heavy atom. The van der Waals surface area contributed by atoms with Crippen LogP contribution in [0.5, 0.6) is 0 Å². The number of nitrogens with zero attached hydrogens (tertiary/aromatic N) is 1. The maximum Gasteiger partial charge on any atom is 0.407 e. The lowest BCUT2D eigenvalue weighted by Crippen LogP contribution is -2.43. The third-order valence-electron chi connectivity index (χ3n) is 3.29. The molecule has 0 aromatic carbocycles. The van der Waals surface area contributed by atoms with Crippen molar-refractivity contribution in [3.8, 4) is 0 Å². The highest BCUT2D eigenvalue weighted by molar-refractivity contribution is 5.79. The molecule has 2 aliphatic rings. The lowest BCUT2D eigenvalue weighted by molar-refractivity contribution is -0.119. The number of carbonyl (C=O) groups is 2. The molecule has 2 heterocycles. The van der Waals surface area contributed by atoms with E-state index >= 15 is 0 Å². The van der Waals surface area contributed by atoms with Crippen molar-refractivity contribution in [1.82, 2.24) is 10.2 Å². The van der Waals surface area contributed by atoms with Crippen molar-refractivity contribution >= 4 is 12.0 Å². The average Bonchev–Trinajstić information content (AvgIpc) is 2.48. The summed E-state index contributed by atoms with van der Waals surface area (Å²) in [6, 6.07) is 0. The number of hydrogen-bond acceptors (Lipinski definition) is 2. The van der Waals surface area contributed by atoms with Crippen molar-refractivity contribution < 1.29 is 14.7 Å². The number of hydrogen-bond donors (Lipinski definition) is 2. The largest absolute Gasteiger partial charge is 0.465 e. The summed E-state index contributed by atoms with van der Waals surface area (Å²) < 4.78 is 0. The zero-order valence-corrected chi connectivity index (χ0v) is 7.95. The van der Waals surface area contributed by atoms with Crippen molar-refractivity contribution in [2.24, 2.45) is 5.41 Å². The van der Waals surface area contributed by atoms with Crippen molar-refractivity contribution in [1.29, 1.82) is 0 Å². The number of piperidine rings is 1. The number of rotatable bonds is 0. The standard InChI is InChI=1S/C9H14N2O3/c12-7-5-9(6-10-7)1-3-11(4-2-9)8(13)14/h1-6H2,(H,10,12)(H,13,14). The summed E-state index contributed by atoms with van der Waals surface area (Å²) in [5.74, 6) is 0.105. The summed E-state index contributed by atoms with van der Waals surface area (Å²) in [7, 11) is 0. The Balaban J connectivity index is 1.95. The van der Waals surface area contributed by atoms with Gasteiger partial charge in [0.05, 0.1) is 0 Å². The maximum absolute atomic E-state index is 11.1. The molecule has 2 amide bonds. The Labute approximate surface area is 82.1 Å². The van der Waals surface area contributed by atoms with Crippen LogP contribution in [0.2, 0.25) is 0 Å². The minimum absolute atomic E-state index is 0.0447. The Morgan fingerprint density at radius 3 is 2.50 bits per heavy atom. The van der Waals surface area contributed by atoms with Gasteiger partial charge in [0.1, 0.15) is 0 Å². The molecular formula is C9H14N2O3. The molecule has 14 heavy (non-hydrogen) atoms. The lowest BCUT2D eigenvalue weighted by Gasteiger charge is -2.36. The summed E-state index contributed by atoms with van der Waals surface area (Å²) in [4.78, 5) is 23.2. The molecule has 0 aromatic rings. The third-order valence-corrected chi connectivity index (χ3v) is 3.29. The van der Waals surface area contributed by atoms with Crippen LogP contribution in [-0.4, -0.2) is 41.6 Å². The topological polar surface area (TPSA) is 69.6 Å². The third kappa shape index (κ3) is 1.54. The molecule has 2 N–H and O–H groups in total. The highest BCUT2D eigenvalue weighted by Crippen LogP contribution is 2.37. The van der Waals surface area contributed by atoms with E-state index in [9.17, 15) is 9.59 Å². The zero-order chi connectivity index (χ0) is 10.2. The fourth-order valence-electron chi connectivity index (χ4n) is 2.28. The van der Waals surface area contributed by atoms with E-state index < -0.39 is 6.09 Å². The van der Waals surface area contributed by atoms with Crippen LogP contribution in [0.25, 0.3) is 0 Å². The Morgan fingerprint density at radius 2 is 2.07 bits per heavy atom. The Bertz CT molecular complexity index is 269. The second-order valence-corrected chi connectivity index (χ2v) is 4.22. The van der Waals surface area contributed by atoms with Gasteiger partial charge in [0.15, 0.2) is 0 Å². The predicted octanol–water partition coefficient (Wildman–Crippen LogP) is 0.267. The first-order valence-electron chi connectivity index (χ1n) is 4.86. The Hall–Kier alpha value is -1.26. The fourth-order valence-corrected chi connectivity index (χ4v) is 2.28. The molecule has 0 saturated carbocycles. The molecule has 2 fully saturated rings. The van der Waals surface area contributed by atoms with E-state index in [4.69, 9.17) is 5.11 Å². The lowest BCUT2D eigenvalue weighted by atomic mass is 9.78. The number of amides is 2. The van der Waals surface area contributed by atoms with Gasteiger partial charge < -0.3 is 15.3 Å². The van der Waals surface area contributed by atoms with Crippen molar-refractivity contribution in [2.75, 3.05) is 19.6 Å². The van der Waals surface area contributed by atoms with Gasteiger partial charge >= 0.3 is 6.09 Å². The molecule has 1 spiro atoms. The normalized spacial score (nSPS) is 25.1. The first kappa shape index (κ1) is 9.30. The van der Waals surface area contributed by atoms with Crippen LogP contribution < -0.4 is 5.32 Å². The van der Waals surface area contributed by atoms with Crippen LogP contribution in [0, 0.1) is 5.41 Å². The van der Waals surface area contributed by atoms with Gasteiger partial charge in [-0.2, -0.15) is 0 Å². The number of carbonyl (C=O) groups excluding carboxylic acids is 1. The summed E-state index contributed by atoms with van der Waals surface area (Å²) in [6.45, 7) is 1.84. The molecule has 2 aliphatic heterocycles. The molecule has 0 radical (unpaired) electrons. The van der Waals surface area contributed by atoms with Gasteiger partial charge in [0, 0.05) is 26.1 Å². The van der Waals surface area contributed by atoms with E-state index in [2.05, 4.69) is 5.32 Å². The monoisotopic (exact) mass is 198 g/mol. The number of nitrogens with one attached hydrogen (secondary N) is 1. The molecule has 0 bridgehead atoms. The van der Waals surface area contributed by atoms with Gasteiger partial charge in [-0.1, -0.05) is 0 Å². The summed E-state index contributed by atoms with van der Waals surface area (Å²) in [6.07, 6.45) is 1.33. The van der Waals surface area contributed by atoms with Crippen LogP contribution in [0.1, 0.15) is 19.3 Å². The molecule has 5 nitrogen and oxygen atoms in total. The SMILES string of the molecule is O=C1CC2(CCN(C(=O)O)CC2)CN1. The van der Waals surface area contributed by atoms with Gasteiger partial charge in [-0.05, 0) is 18.3 Å². The van der Waals surface area contributed by atoms with Crippen molar-refractivity contribution in [3.05, 3.63) is 0 Å². The zero-order valence-electron chi connectivity index (χ0n) is 7.95. The first-order chi connectivity index (χ1) is 6.61. The van der Waals surface area contributed by atoms with Crippen LogP contribution >= 0.6 is 0 Å². The van der Waals surface area contributed by atoms with E-state index in [-0.39, 0.29) is 11.3 Å². The molecule has 2 rings (SSSR count). The highest BCUT2D eigenvalue weighted by atomic mass is 16.4. The van der Waals surface area contributed by atoms with Gasteiger partial charge in [-0.25, -0.2) is 4.79 Å². The molecule has 0 aliphatic carbocycles. The molecule has 2 saturated heterocycles. The van der Waals surface area contributed by atoms with Gasteiger partial charge in [0.2, 0.25) is 5.91 Å². The Kier molecular flexibility index (Phi) is 2.09. The molecule has 78 valence electrons. The quantitative estimate of drug-likeness (QED) is 0.587. The fraction of sp³-hybridized carbons (Fsp3) is 0.778. The molecular weight excluding hydrogens is 184 g/mol. The minimum atomic E-state index is -0.850. The van der Waals surface area contributed by atoms with Gasteiger partial charge in [-0.3, -0.25) is 4.79 Å². The van der Waals surface area contributed by atoms with Gasteiger partial charge in [0.25, 0.3) is 0 Å². The van der Waals surface area contributed by atoms with E-state index in [1.54, 1.807) is 0 Å². The maximum atomic E-state index is 11.1. The van der Waals surface area contributed by atoms with E-state index in [0.717, 1.165) is 19.4 Å². The highest BCUT2D eigenvalue weighted by Gasteiger charge is 2.41. The molecule has 0 aromatic heterocycles. The smallest absolute Gasteiger partial charge is 0.407 e. The molecule has 0 unspecified atom stereocenters. The van der Waals surface area contributed by atoms with Crippen molar-refractivity contribution in [3.63, 3.8) is 0 Å². The van der Waals surface area contributed by atoms with Crippen LogP contribution in [0.4, 0.5) is 4.79 Å². The van der Waals surface area contributed by atoms with E-state index in [0.29, 0.717) is 19.5 Å². The van der Waals surface area contributed by atoms with E-state index in [1.165, 1.54) is 4.90 Å². The van der Waals surface area contributed by atoms with Crippen LogP contribution in [0.15, 0.2) is 0 Å². The average molecular weight is 198 g/mol. The predicted molar refractivity (Wildman–Crippen MR) is 48.9 cm³/mol. The van der Waals surface area contributed by atoms with Gasteiger partial charge in [-0.15, -0.1) is 0 Å². The van der Waals surface area contributed by atoms with Crippen molar-refractivity contribution in [2.45, 2.75) is 19.3 Å². The second-order valence-electron chi connectivity index (χ2n) is 4.22. The summed E-state index contributed by atoms with van der Waals surface area (Å²) in [5, 5.41) is 11.6. The summed E-state index contributed by atoms with van der Waals surface area (Å²) >= 11 is 0. The van der Waals surface area contributed by atoms with E-state index in [1.807, 2.05) is 0 Å². The molecule has 0 atom stereocenters. The number of likely N-dealkylation sites (tertiary alicyclic amines) is 1. The molecule has 5 heteroatoms. The van der Waals surface area contributed by atoms with Crippen LogP contribution in [0.3, 0.4) is 0 Å².